The first-order valence-electron chi connectivity index (χ1n) is 7.77. The van der Waals surface area contributed by atoms with E-state index < -0.39 is 5.60 Å². The third kappa shape index (κ3) is 3.19. The van der Waals surface area contributed by atoms with Gasteiger partial charge in [-0.2, -0.15) is 0 Å². The molecule has 0 radical (unpaired) electrons. The number of fused-ring (bicyclic) bond motifs is 1. The van der Waals surface area contributed by atoms with Crippen molar-refractivity contribution in [3.05, 3.63) is 23.8 Å². The number of esters is 1. The predicted molar refractivity (Wildman–Crippen MR) is 82.4 cm³/mol. The molecule has 1 aromatic rings. The van der Waals surface area contributed by atoms with Crippen LogP contribution in [0.15, 0.2) is 18.2 Å². The van der Waals surface area contributed by atoms with E-state index in [-0.39, 0.29) is 17.8 Å². The van der Waals surface area contributed by atoms with Crippen LogP contribution in [0.5, 0.6) is 11.5 Å². The van der Waals surface area contributed by atoms with Crippen molar-refractivity contribution in [2.45, 2.75) is 32.3 Å². The highest BCUT2D eigenvalue weighted by Gasteiger charge is 2.37. The van der Waals surface area contributed by atoms with Gasteiger partial charge in [-0.25, -0.2) is 0 Å². The van der Waals surface area contributed by atoms with Gasteiger partial charge in [0.25, 0.3) is 0 Å². The molecule has 5 nitrogen and oxygen atoms in total. The fourth-order valence-corrected chi connectivity index (χ4v) is 2.94. The molecule has 3 rings (SSSR count). The van der Waals surface area contributed by atoms with Crippen LogP contribution in [0, 0.1) is 5.92 Å². The Hall–Kier alpha value is -1.75. The molecule has 2 aliphatic heterocycles. The average Bonchev–Trinajstić information content (AvgIpc) is 2.94. The summed E-state index contributed by atoms with van der Waals surface area (Å²) in [6.45, 7) is 8.25. The van der Waals surface area contributed by atoms with E-state index in [4.69, 9.17) is 14.2 Å². The van der Waals surface area contributed by atoms with E-state index in [2.05, 4.69) is 5.32 Å². The third-order valence-electron chi connectivity index (χ3n) is 3.92. The fourth-order valence-electron chi connectivity index (χ4n) is 2.94. The molecule has 0 bridgehead atoms. The van der Waals surface area contributed by atoms with Crippen LogP contribution in [-0.2, 0) is 9.53 Å². The third-order valence-corrected chi connectivity index (χ3v) is 3.92. The van der Waals surface area contributed by atoms with Crippen molar-refractivity contribution < 1.29 is 19.0 Å². The molecule has 1 N–H and O–H groups in total. The number of rotatable bonds is 2. The van der Waals surface area contributed by atoms with Crippen molar-refractivity contribution in [3.63, 3.8) is 0 Å². The first kappa shape index (κ1) is 15.2. The van der Waals surface area contributed by atoms with Crippen molar-refractivity contribution in [2.24, 2.45) is 5.92 Å². The summed E-state index contributed by atoms with van der Waals surface area (Å²) in [6, 6.07) is 5.93. The maximum absolute atomic E-state index is 12.4. The van der Waals surface area contributed by atoms with E-state index in [1.807, 2.05) is 39.0 Å². The zero-order valence-corrected chi connectivity index (χ0v) is 13.3. The molecule has 0 amide bonds. The maximum Gasteiger partial charge on any atom is 0.311 e. The van der Waals surface area contributed by atoms with E-state index in [0.29, 0.717) is 19.8 Å². The summed E-state index contributed by atoms with van der Waals surface area (Å²) in [6.07, 6.45) is 0. The van der Waals surface area contributed by atoms with Gasteiger partial charge in [-0.3, -0.25) is 4.79 Å². The maximum atomic E-state index is 12.4. The highest BCUT2D eigenvalue weighted by molar-refractivity contribution is 5.75. The lowest BCUT2D eigenvalue weighted by Gasteiger charge is -2.25. The summed E-state index contributed by atoms with van der Waals surface area (Å²) >= 11 is 0. The van der Waals surface area contributed by atoms with E-state index >= 15 is 0 Å². The Kier molecular flexibility index (Phi) is 4.00. The van der Waals surface area contributed by atoms with Crippen LogP contribution in [0.3, 0.4) is 0 Å². The lowest BCUT2D eigenvalue weighted by atomic mass is 9.88. The molecule has 2 heterocycles. The van der Waals surface area contributed by atoms with Gasteiger partial charge in [0.2, 0.25) is 0 Å². The molecule has 1 aromatic carbocycles. The highest BCUT2D eigenvalue weighted by Crippen LogP contribution is 2.37. The van der Waals surface area contributed by atoms with Gasteiger partial charge < -0.3 is 19.5 Å². The minimum atomic E-state index is -0.461. The Morgan fingerprint density at radius 3 is 2.64 bits per heavy atom. The van der Waals surface area contributed by atoms with Gasteiger partial charge in [0.1, 0.15) is 18.8 Å². The molecular weight excluding hydrogens is 282 g/mol. The van der Waals surface area contributed by atoms with Gasteiger partial charge in [-0.15, -0.1) is 0 Å². The van der Waals surface area contributed by atoms with Gasteiger partial charge in [0.05, 0.1) is 5.92 Å². The van der Waals surface area contributed by atoms with Crippen LogP contribution in [0.25, 0.3) is 0 Å². The topological polar surface area (TPSA) is 56.8 Å². The minimum Gasteiger partial charge on any atom is -0.486 e. The molecule has 120 valence electrons. The summed E-state index contributed by atoms with van der Waals surface area (Å²) < 4.78 is 16.7. The number of ether oxygens (including phenoxy) is 3. The molecular formula is C17H23NO4. The van der Waals surface area contributed by atoms with Gasteiger partial charge in [-0.1, -0.05) is 6.07 Å². The second kappa shape index (κ2) is 5.80. The summed E-state index contributed by atoms with van der Waals surface area (Å²) in [5, 5.41) is 3.29. The lowest BCUT2D eigenvalue weighted by molar-refractivity contribution is -0.159. The molecule has 2 atom stereocenters. The zero-order valence-electron chi connectivity index (χ0n) is 13.3. The molecule has 0 aliphatic carbocycles. The Morgan fingerprint density at radius 2 is 1.91 bits per heavy atom. The second-order valence-electron chi connectivity index (χ2n) is 6.81. The number of benzene rings is 1. The van der Waals surface area contributed by atoms with Crippen LogP contribution in [0.2, 0.25) is 0 Å². The molecule has 1 saturated heterocycles. The first-order chi connectivity index (χ1) is 10.4. The molecule has 0 spiro atoms. The largest absolute Gasteiger partial charge is 0.486 e. The summed E-state index contributed by atoms with van der Waals surface area (Å²) in [4.78, 5) is 12.4. The minimum absolute atomic E-state index is 0.102. The van der Waals surface area contributed by atoms with Crippen LogP contribution in [0.1, 0.15) is 32.3 Å². The zero-order chi connectivity index (χ0) is 15.7. The smallest absolute Gasteiger partial charge is 0.311 e. The van der Waals surface area contributed by atoms with Crippen molar-refractivity contribution in [1.82, 2.24) is 5.32 Å². The van der Waals surface area contributed by atoms with Crippen molar-refractivity contribution in [1.29, 1.82) is 0 Å². The fraction of sp³-hybridized carbons (Fsp3) is 0.588. The monoisotopic (exact) mass is 305 g/mol. The van der Waals surface area contributed by atoms with E-state index in [1.54, 1.807) is 0 Å². The molecule has 2 aliphatic rings. The van der Waals surface area contributed by atoms with Crippen molar-refractivity contribution >= 4 is 5.97 Å². The number of carbonyl (C=O) groups is 1. The van der Waals surface area contributed by atoms with Crippen molar-refractivity contribution in [2.75, 3.05) is 26.3 Å². The Labute approximate surface area is 130 Å². The highest BCUT2D eigenvalue weighted by atomic mass is 16.6. The second-order valence-corrected chi connectivity index (χ2v) is 6.81. The summed E-state index contributed by atoms with van der Waals surface area (Å²) in [5.74, 6) is 1.33. The number of hydrogen-bond acceptors (Lipinski definition) is 5. The molecule has 5 heteroatoms. The van der Waals surface area contributed by atoms with E-state index in [1.165, 1.54) is 0 Å². The Morgan fingerprint density at radius 1 is 1.18 bits per heavy atom. The van der Waals surface area contributed by atoms with Gasteiger partial charge in [0, 0.05) is 19.0 Å². The lowest BCUT2D eigenvalue weighted by Crippen LogP contribution is -2.31. The number of nitrogens with one attached hydrogen (secondary N) is 1. The SMILES string of the molecule is CC(C)(C)OC(=O)[C@@H]1CNC[C@H]1c1ccc2c(c1)OCCO2. The normalized spacial score (nSPS) is 24.1. The van der Waals surface area contributed by atoms with Crippen molar-refractivity contribution in [3.8, 4) is 11.5 Å². The van der Waals surface area contributed by atoms with Gasteiger partial charge in [-0.05, 0) is 38.5 Å². The average molecular weight is 305 g/mol. The number of hydrogen-bond donors (Lipinski definition) is 1. The van der Waals surface area contributed by atoms with Crippen LogP contribution in [0.4, 0.5) is 0 Å². The molecule has 22 heavy (non-hydrogen) atoms. The molecule has 0 aromatic heterocycles. The van der Waals surface area contributed by atoms with Crippen LogP contribution in [-0.4, -0.2) is 37.9 Å². The van der Waals surface area contributed by atoms with Crippen LogP contribution < -0.4 is 14.8 Å². The van der Waals surface area contributed by atoms with Crippen LogP contribution >= 0.6 is 0 Å². The molecule has 0 saturated carbocycles. The number of carbonyl (C=O) groups excluding carboxylic acids is 1. The van der Waals surface area contributed by atoms with E-state index in [0.717, 1.165) is 23.6 Å². The Balaban J connectivity index is 1.79. The molecule has 1 fully saturated rings. The quantitative estimate of drug-likeness (QED) is 0.848. The Bertz CT molecular complexity index is 564. The van der Waals surface area contributed by atoms with Gasteiger partial charge in [0.15, 0.2) is 11.5 Å². The summed E-state index contributed by atoms with van der Waals surface area (Å²) in [7, 11) is 0. The summed E-state index contributed by atoms with van der Waals surface area (Å²) in [5.41, 5.74) is 0.627. The molecule has 0 unspecified atom stereocenters. The first-order valence-corrected chi connectivity index (χ1v) is 7.77. The standard InChI is InChI=1S/C17H23NO4/c1-17(2,3)22-16(19)13-10-18-9-12(13)11-4-5-14-15(8-11)21-7-6-20-14/h4-5,8,12-13,18H,6-7,9-10H2,1-3H3/t12-,13+/m0/s1. The van der Waals surface area contributed by atoms with Gasteiger partial charge >= 0.3 is 5.97 Å². The van der Waals surface area contributed by atoms with E-state index in [9.17, 15) is 4.79 Å². The predicted octanol–water partition coefficient (Wildman–Crippen LogP) is 2.10.